The molecule has 3 atom stereocenters. The van der Waals surface area contributed by atoms with Gasteiger partial charge in [-0.15, -0.1) is 0 Å². The van der Waals surface area contributed by atoms with Gasteiger partial charge in [0.05, 0.1) is 19.8 Å². The van der Waals surface area contributed by atoms with Crippen molar-refractivity contribution in [3.8, 4) is 0 Å². The van der Waals surface area contributed by atoms with E-state index in [-0.39, 0.29) is 19.4 Å². The number of allylic oxidation sites excluding steroid dienone is 2. The topological polar surface area (TPSA) is 149 Å². The normalized spacial score (nSPS) is 14.2. The van der Waals surface area contributed by atoms with E-state index in [1.54, 1.807) is 0 Å². The van der Waals surface area contributed by atoms with Crippen molar-refractivity contribution in [2.24, 2.45) is 0 Å². The molecule has 0 aliphatic rings. The van der Waals surface area contributed by atoms with Crippen molar-refractivity contribution in [3.63, 3.8) is 0 Å². The number of hydrogen-bond acceptors (Lipinski definition) is 9. The molecule has 0 heterocycles. The molecule has 0 fully saturated rings. The molecule has 0 saturated carbocycles. The molecule has 0 radical (unpaired) electrons. The lowest BCUT2D eigenvalue weighted by molar-refractivity contribution is -0.161. The SMILES string of the molecule is CCCCCCCC/C=C/CCCCCCCC(=O)O[C@H](COC(=O)CCCCCCCCCCCC)COP(=O)(O)OC[C@@H](O)CO. The van der Waals surface area contributed by atoms with Crippen molar-refractivity contribution in [2.75, 3.05) is 26.4 Å². The highest BCUT2D eigenvalue weighted by Gasteiger charge is 2.27. The summed E-state index contributed by atoms with van der Waals surface area (Å²) in [5.74, 6) is -0.932. The lowest BCUT2D eigenvalue weighted by Gasteiger charge is -2.20. The minimum absolute atomic E-state index is 0.178. The van der Waals surface area contributed by atoms with Gasteiger partial charge in [-0.25, -0.2) is 4.57 Å². The van der Waals surface area contributed by atoms with Gasteiger partial charge in [0, 0.05) is 12.8 Å². The number of carbonyl (C=O) groups is 2. The maximum atomic E-state index is 12.5. The fourth-order valence-corrected chi connectivity index (χ4v) is 5.95. The Kier molecular flexibility index (Phi) is 33.3. The molecular formula is C37H71O10P. The van der Waals surface area contributed by atoms with E-state index >= 15 is 0 Å². The van der Waals surface area contributed by atoms with E-state index in [1.165, 1.54) is 77.0 Å². The van der Waals surface area contributed by atoms with Gasteiger partial charge >= 0.3 is 19.8 Å². The number of rotatable bonds is 36. The Bertz CT molecular complexity index is 822. The smallest absolute Gasteiger partial charge is 0.462 e. The Morgan fingerprint density at radius 3 is 1.50 bits per heavy atom. The Labute approximate surface area is 292 Å². The first-order chi connectivity index (χ1) is 23.2. The molecule has 284 valence electrons. The van der Waals surface area contributed by atoms with E-state index in [0.29, 0.717) is 12.8 Å². The van der Waals surface area contributed by atoms with Gasteiger partial charge in [-0.2, -0.15) is 0 Å². The van der Waals surface area contributed by atoms with Crippen LogP contribution in [0.5, 0.6) is 0 Å². The maximum Gasteiger partial charge on any atom is 0.472 e. The number of aliphatic hydroxyl groups is 2. The third-order valence-electron chi connectivity index (χ3n) is 8.17. The van der Waals surface area contributed by atoms with Crippen molar-refractivity contribution >= 4 is 19.8 Å². The zero-order valence-electron chi connectivity index (χ0n) is 30.5. The lowest BCUT2D eigenvalue weighted by atomic mass is 10.1. The van der Waals surface area contributed by atoms with Gasteiger partial charge in [-0.3, -0.25) is 18.6 Å². The molecule has 3 N–H and O–H groups in total. The molecule has 10 nitrogen and oxygen atoms in total. The number of ether oxygens (including phenoxy) is 2. The van der Waals surface area contributed by atoms with Crippen molar-refractivity contribution < 1.29 is 47.8 Å². The van der Waals surface area contributed by atoms with E-state index in [1.807, 2.05) is 0 Å². The zero-order chi connectivity index (χ0) is 35.6. The van der Waals surface area contributed by atoms with Crippen molar-refractivity contribution in [3.05, 3.63) is 12.2 Å². The van der Waals surface area contributed by atoms with E-state index in [2.05, 4.69) is 30.5 Å². The number of phosphoric acid groups is 1. The fraction of sp³-hybridized carbons (Fsp3) is 0.892. The molecule has 0 aromatic heterocycles. The number of phosphoric ester groups is 1. The fourth-order valence-electron chi connectivity index (χ4n) is 5.16. The van der Waals surface area contributed by atoms with Crippen molar-refractivity contribution in [1.29, 1.82) is 0 Å². The Hall–Kier alpha value is -1.29. The number of aliphatic hydroxyl groups excluding tert-OH is 2. The van der Waals surface area contributed by atoms with Gasteiger partial charge in [0.2, 0.25) is 0 Å². The Morgan fingerprint density at radius 1 is 0.604 bits per heavy atom. The van der Waals surface area contributed by atoms with Crippen LogP contribution in [0.15, 0.2) is 12.2 Å². The van der Waals surface area contributed by atoms with Gasteiger partial charge in [0.1, 0.15) is 12.7 Å². The van der Waals surface area contributed by atoms with Crippen molar-refractivity contribution in [1.82, 2.24) is 0 Å². The highest BCUT2D eigenvalue weighted by molar-refractivity contribution is 7.47. The second-order valence-electron chi connectivity index (χ2n) is 13.0. The first-order valence-electron chi connectivity index (χ1n) is 19.1. The zero-order valence-corrected chi connectivity index (χ0v) is 31.4. The number of unbranched alkanes of at least 4 members (excludes halogenated alkanes) is 20. The molecule has 0 saturated heterocycles. The number of hydrogen-bond donors (Lipinski definition) is 3. The first-order valence-corrected chi connectivity index (χ1v) is 20.6. The summed E-state index contributed by atoms with van der Waals surface area (Å²) in [4.78, 5) is 34.7. The standard InChI is InChI=1S/C37H71O10P/c1-3-5-7-9-11-13-15-16-17-18-19-21-23-25-27-29-37(41)47-35(33-46-48(42,43)45-31-34(39)30-38)32-44-36(40)28-26-24-22-20-14-12-10-8-6-4-2/h16-17,34-35,38-39H,3-15,18-33H2,1-2H3,(H,42,43)/b17-16+/t34-,35+/m0/s1. The van der Waals surface area contributed by atoms with Crippen LogP contribution in [0.2, 0.25) is 0 Å². The first kappa shape index (κ1) is 46.7. The summed E-state index contributed by atoms with van der Waals surface area (Å²) in [5, 5.41) is 18.2. The molecule has 48 heavy (non-hydrogen) atoms. The third-order valence-corrected chi connectivity index (χ3v) is 9.12. The molecule has 0 spiro atoms. The molecule has 0 rings (SSSR count). The third kappa shape index (κ3) is 33.2. The average molecular weight is 707 g/mol. The summed E-state index contributed by atoms with van der Waals surface area (Å²) in [7, 11) is -4.61. The highest BCUT2D eigenvalue weighted by Crippen LogP contribution is 2.43. The van der Waals surface area contributed by atoms with E-state index in [0.717, 1.165) is 57.8 Å². The van der Waals surface area contributed by atoms with E-state index in [9.17, 15) is 24.2 Å². The minimum Gasteiger partial charge on any atom is -0.462 e. The van der Waals surface area contributed by atoms with Crippen LogP contribution in [0.4, 0.5) is 0 Å². The monoisotopic (exact) mass is 706 g/mol. The van der Waals surface area contributed by atoms with Gasteiger partial charge in [-0.1, -0.05) is 135 Å². The lowest BCUT2D eigenvalue weighted by Crippen LogP contribution is -2.29. The van der Waals surface area contributed by atoms with Crippen LogP contribution in [-0.4, -0.2) is 65.7 Å². The van der Waals surface area contributed by atoms with Crippen LogP contribution >= 0.6 is 7.82 Å². The molecule has 1 unspecified atom stereocenters. The molecule has 0 amide bonds. The summed E-state index contributed by atoms with van der Waals surface area (Å²) in [6.07, 6.45) is 29.0. The number of esters is 2. The summed E-state index contributed by atoms with van der Waals surface area (Å²) in [5.41, 5.74) is 0. The molecule has 0 aliphatic carbocycles. The maximum absolute atomic E-state index is 12.5. The second kappa shape index (κ2) is 34.2. The van der Waals surface area contributed by atoms with Crippen LogP contribution in [0.1, 0.15) is 174 Å². The van der Waals surface area contributed by atoms with E-state index < -0.39 is 51.8 Å². The van der Waals surface area contributed by atoms with Crippen LogP contribution in [-0.2, 0) is 32.7 Å². The molecule has 0 aromatic carbocycles. The highest BCUT2D eigenvalue weighted by atomic mass is 31.2. The quantitative estimate of drug-likeness (QED) is 0.0249. The van der Waals surface area contributed by atoms with Crippen LogP contribution in [0, 0.1) is 0 Å². The van der Waals surface area contributed by atoms with Gasteiger partial charge < -0.3 is 24.6 Å². The Balaban J connectivity index is 4.36. The largest absolute Gasteiger partial charge is 0.472 e. The summed E-state index contributed by atoms with van der Waals surface area (Å²) < 4.78 is 32.5. The summed E-state index contributed by atoms with van der Waals surface area (Å²) in [6.45, 7) is 2.34. The van der Waals surface area contributed by atoms with E-state index in [4.69, 9.17) is 19.1 Å². The summed E-state index contributed by atoms with van der Waals surface area (Å²) >= 11 is 0. The molecule has 11 heteroatoms. The molecular weight excluding hydrogens is 635 g/mol. The van der Waals surface area contributed by atoms with Crippen LogP contribution in [0.3, 0.4) is 0 Å². The van der Waals surface area contributed by atoms with Gasteiger partial charge in [0.25, 0.3) is 0 Å². The molecule has 0 aliphatic heterocycles. The predicted octanol–water partition coefficient (Wildman–Crippen LogP) is 9.28. The van der Waals surface area contributed by atoms with Crippen LogP contribution < -0.4 is 0 Å². The minimum atomic E-state index is -4.61. The van der Waals surface area contributed by atoms with Crippen LogP contribution in [0.25, 0.3) is 0 Å². The van der Waals surface area contributed by atoms with Crippen molar-refractivity contribution in [2.45, 2.75) is 187 Å². The molecule has 0 aromatic rings. The Morgan fingerprint density at radius 2 is 1.02 bits per heavy atom. The number of carbonyl (C=O) groups excluding carboxylic acids is 2. The average Bonchev–Trinajstić information content (AvgIpc) is 3.07. The predicted molar refractivity (Wildman–Crippen MR) is 192 cm³/mol. The molecule has 0 bridgehead atoms. The summed E-state index contributed by atoms with van der Waals surface area (Å²) in [6, 6.07) is 0. The second-order valence-corrected chi connectivity index (χ2v) is 14.4. The van der Waals surface area contributed by atoms with Gasteiger partial charge in [-0.05, 0) is 38.5 Å². The van der Waals surface area contributed by atoms with Gasteiger partial charge in [0.15, 0.2) is 6.10 Å².